The summed E-state index contributed by atoms with van der Waals surface area (Å²) < 4.78 is 34.2. The average molecular weight is 811 g/mol. The number of aliphatic hydroxyl groups excluding tert-OH is 1. The van der Waals surface area contributed by atoms with E-state index in [9.17, 15) is 24.2 Å². The van der Waals surface area contributed by atoms with Gasteiger partial charge in [0.15, 0.2) is 6.10 Å². The van der Waals surface area contributed by atoms with Gasteiger partial charge in [0.05, 0.1) is 33.9 Å². The van der Waals surface area contributed by atoms with Gasteiger partial charge in [0.25, 0.3) is 0 Å². The Hall–Kier alpha value is -2.33. The van der Waals surface area contributed by atoms with Crippen molar-refractivity contribution in [2.75, 3.05) is 47.5 Å². The zero-order chi connectivity index (χ0) is 41.6. The number of unbranched alkanes of at least 4 members (excludes halogenated alkanes) is 14. The number of hydrogen-bond acceptors (Lipinski definition) is 8. The summed E-state index contributed by atoms with van der Waals surface area (Å²) in [5, 5.41) is 9.77. The van der Waals surface area contributed by atoms with Crippen LogP contribution in [0.3, 0.4) is 0 Å². The molecule has 2 N–H and O–H groups in total. The highest BCUT2D eigenvalue weighted by molar-refractivity contribution is 7.47. The summed E-state index contributed by atoms with van der Waals surface area (Å²) in [6, 6.07) is 0. The lowest BCUT2D eigenvalue weighted by Crippen LogP contribution is -2.37. The normalized spacial score (nSPS) is 14.8. The van der Waals surface area contributed by atoms with Gasteiger partial charge in [0.2, 0.25) is 0 Å². The Morgan fingerprint density at radius 3 is 1.82 bits per heavy atom. The maximum Gasteiger partial charge on any atom is 0.472 e. The first-order valence-corrected chi connectivity index (χ1v) is 23.1. The molecule has 0 spiro atoms. The second-order valence-electron chi connectivity index (χ2n) is 15.6. The van der Waals surface area contributed by atoms with E-state index in [2.05, 4.69) is 25.2 Å². The molecule has 0 saturated heterocycles. The van der Waals surface area contributed by atoms with Crippen LogP contribution in [-0.4, -0.2) is 86.1 Å². The number of aliphatic hydroxyl groups is 1. The molecule has 324 valence electrons. The summed E-state index contributed by atoms with van der Waals surface area (Å²) in [6.45, 7) is 4.09. The fourth-order valence-corrected chi connectivity index (χ4v) is 6.22. The minimum atomic E-state index is -4.40. The molecule has 2 unspecified atom stereocenters. The van der Waals surface area contributed by atoms with E-state index in [0.717, 1.165) is 38.5 Å². The highest BCUT2D eigenvalue weighted by Crippen LogP contribution is 2.43. The quantitative estimate of drug-likeness (QED) is 0.0156. The maximum atomic E-state index is 12.7. The molecule has 0 aromatic heterocycles. The third kappa shape index (κ3) is 39.9. The first-order valence-electron chi connectivity index (χ1n) is 21.6. The van der Waals surface area contributed by atoms with Crippen LogP contribution in [0.25, 0.3) is 0 Å². The molecule has 0 aliphatic carbocycles. The summed E-state index contributed by atoms with van der Waals surface area (Å²) in [5.74, 6) is -0.892. The zero-order valence-corrected chi connectivity index (χ0v) is 36.9. The molecule has 0 bridgehead atoms. The molecule has 0 heterocycles. The molecule has 11 heteroatoms. The predicted octanol–water partition coefficient (Wildman–Crippen LogP) is 11.0. The fraction of sp³-hybridized carbons (Fsp3) is 0.733. The van der Waals surface area contributed by atoms with E-state index in [1.807, 2.05) is 70.6 Å². The molecule has 0 saturated carbocycles. The van der Waals surface area contributed by atoms with Gasteiger partial charge in [-0.15, -0.1) is 0 Å². The molecule has 56 heavy (non-hydrogen) atoms. The average Bonchev–Trinajstić information content (AvgIpc) is 3.14. The number of allylic oxidation sites excluding steroid dienone is 8. The van der Waals surface area contributed by atoms with E-state index in [1.54, 1.807) is 0 Å². The molecule has 0 aromatic rings. The predicted molar refractivity (Wildman–Crippen MR) is 230 cm³/mol. The Morgan fingerprint density at radius 2 is 1.21 bits per heavy atom. The molecular weight excluding hydrogens is 729 g/mol. The number of quaternary nitrogens is 1. The number of rotatable bonds is 38. The molecule has 0 fully saturated rings. The second kappa shape index (κ2) is 37.0. The second-order valence-corrected chi connectivity index (χ2v) is 17.0. The van der Waals surface area contributed by atoms with Crippen LogP contribution in [0.15, 0.2) is 60.8 Å². The molecule has 0 rings (SSSR count). The van der Waals surface area contributed by atoms with Crippen molar-refractivity contribution in [1.29, 1.82) is 0 Å². The summed E-state index contributed by atoms with van der Waals surface area (Å²) in [5.41, 5.74) is 0. The van der Waals surface area contributed by atoms with E-state index in [4.69, 9.17) is 18.5 Å². The van der Waals surface area contributed by atoms with Gasteiger partial charge in [0, 0.05) is 12.8 Å². The van der Waals surface area contributed by atoms with Crippen LogP contribution < -0.4 is 0 Å². The van der Waals surface area contributed by atoms with Crippen LogP contribution in [0.5, 0.6) is 0 Å². The number of phosphoric acid groups is 1. The van der Waals surface area contributed by atoms with Crippen molar-refractivity contribution >= 4 is 19.8 Å². The SMILES string of the molecule is CC/C=C\C(O)C/C=C/C=C\C/C=C\C/C=C\CCCC(=O)O[C@H](COC(=O)CCCCCCCCCCCCCCCC)COP(=O)(O)OCC[N+](C)(C)C. The number of hydrogen-bond donors (Lipinski definition) is 2. The van der Waals surface area contributed by atoms with Crippen molar-refractivity contribution in [1.82, 2.24) is 0 Å². The van der Waals surface area contributed by atoms with Gasteiger partial charge in [-0.1, -0.05) is 158 Å². The van der Waals surface area contributed by atoms with E-state index >= 15 is 0 Å². The highest BCUT2D eigenvalue weighted by Gasteiger charge is 2.27. The van der Waals surface area contributed by atoms with Crippen molar-refractivity contribution in [3.63, 3.8) is 0 Å². The molecule has 0 radical (unpaired) electrons. The third-order valence-electron chi connectivity index (χ3n) is 8.89. The monoisotopic (exact) mass is 811 g/mol. The number of esters is 2. The van der Waals surface area contributed by atoms with Crippen LogP contribution in [0, 0.1) is 0 Å². The summed E-state index contributed by atoms with van der Waals surface area (Å²) in [7, 11) is 1.41. The Kier molecular flexibility index (Phi) is 35.4. The minimum Gasteiger partial charge on any atom is -0.462 e. The highest BCUT2D eigenvalue weighted by atomic mass is 31.2. The van der Waals surface area contributed by atoms with E-state index < -0.39 is 38.6 Å². The molecule has 0 aliphatic heterocycles. The Labute approximate surface area is 341 Å². The van der Waals surface area contributed by atoms with Crippen molar-refractivity contribution in [2.45, 2.75) is 167 Å². The zero-order valence-electron chi connectivity index (χ0n) is 36.0. The van der Waals surface area contributed by atoms with Crippen molar-refractivity contribution in [3.05, 3.63) is 60.8 Å². The van der Waals surface area contributed by atoms with Crippen LogP contribution in [0.1, 0.15) is 155 Å². The van der Waals surface area contributed by atoms with Gasteiger partial charge in [0.1, 0.15) is 19.8 Å². The van der Waals surface area contributed by atoms with Gasteiger partial charge in [-0.3, -0.25) is 18.6 Å². The largest absolute Gasteiger partial charge is 0.472 e. The lowest BCUT2D eigenvalue weighted by atomic mass is 10.0. The van der Waals surface area contributed by atoms with Crippen LogP contribution in [0.4, 0.5) is 0 Å². The summed E-state index contributed by atoms with van der Waals surface area (Å²) in [4.78, 5) is 35.3. The number of phosphoric ester groups is 1. The number of nitrogens with zero attached hydrogens (tertiary/aromatic N) is 1. The molecule has 0 aromatic carbocycles. The third-order valence-corrected chi connectivity index (χ3v) is 9.87. The van der Waals surface area contributed by atoms with E-state index in [0.29, 0.717) is 30.3 Å². The Bertz CT molecular complexity index is 1160. The van der Waals surface area contributed by atoms with Gasteiger partial charge < -0.3 is 24.0 Å². The Balaban J connectivity index is 4.51. The van der Waals surface area contributed by atoms with Gasteiger partial charge in [-0.2, -0.15) is 0 Å². The molecular formula is C45H81NO9P+. The maximum absolute atomic E-state index is 12.7. The lowest BCUT2D eigenvalue weighted by Gasteiger charge is -2.24. The van der Waals surface area contributed by atoms with E-state index in [1.165, 1.54) is 70.6 Å². The lowest BCUT2D eigenvalue weighted by molar-refractivity contribution is -0.870. The molecule has 0 aliphatic rings. The van der Waals surface area contributed by atoms with E-state index in [-0.39, 0.29) is 26.1 Å². The van der Waals surface area contributed by atoms with Crippen LogP contribution in [-0.2, 0) is 32.7 Å². The van der Waals surface area contributed by atoms with Crippen LogP contribution in [0.2, 0.25) is 0 Å². The first-order chi connectivity index (χ1) is 26.9. The number of likely N-dealkylation sites (N-methyl/N-ethyl adjacent to an activating group) is 1. The smallest absolute Gasteiger partial charge is 0.462 e. The van der Waals surface area contributed by atoms with Gasteiger partial charge in [-0.25, -0.2) is 4.57 Å². The molecule has 3 atom stereocenters. The Morgan fingerprint density at radius 1 is 0.661 bits per heavy atom. The van der Waals surface area contributed by atoms with Gasteiger partial charge >= 0.3 is 19.8 Å². The summed E-state index contributed by atoms with van der Waals surface area (Å²) in [6.07, 6.45) is 40.4. The topological polar surface area (TPSA) is 129 Å². The van der Waals surface area contributed by atoms with Crippen molar-refractivity contribution in [3.8, 4) is 0 Å². The first kappa shape index (κ1) is 53.7. The van der Waals surface area contributed by atoms with Crippen molar-refractivity contribution in [2.24, 2.45) is 0 Å². The summed E-state index contributed by atoms with van der Waals surface area (Å²) >= 11 is 0. The minimum absolute atomic E-state index is 0.0118. The van der Waals surface area contributed by atoms with Gasteiger partial charge in [-0.05, 0) is 44.9 Å². The van der Waals surface area contributed by atoms with Crippen molar-refractivity contribution < 1.29 is 47.2 Å². The molecule has 10 nitrogen and oxygen atoms in total. The number of carbonyl (C=O) groups excluding carboxylic acids is 2. The molecule has 0 amide bonds. The standard InChI is InChI=1S/C45H80NO9P/c1-6-8-10-11-12-13-14-15-16-20-23-26-29-32-36-44(48)52-40-43(41-54-56(50,51)53-39-38-46(3,4)5)55-45(49)37-33-30-27-24-21-18-17-19-22-25-28-31-35-42(47)34-9-7-2/h9,17-18,22,24-25,27-28,31,34,42-43,47H,6-8,10-16,19-21,23,26,29-30,32-33,35-41H2,1-5H3/p+1/b18-17-,25-22-,27-24-,31-28+,34-9-/t42?,43-/m1/s1. The number of ether oxygens (including phenoxy) is 2. The number of carbonyl (C=O) groups is 2. The van der Waals surface area contributed by atoms with Crippen LogP contribution >= 0.6 is 7.82 Å². The fourth-order valence-electron chi connectivity index (χ4n) is 5.48.